The number of methoxy groups -OCH3 is 2. The number of piperazine rings is 1. The van der Waals surface area contributed by atoms with Crippen LogP contribution in [-0.2, 0) is 6.54 Å². The molecule has 0 aliphatic carbocycles. The first kappa shape index (κ1) is 21.6. The molecule has 1 aliphatic heterocycles. The largest absolute Gasteiger partial charge is 0.493 e. The van der Waals surface area contributed by atoms with Crippen LogP contribution in [0, 0.1) is 0 Å². The standard InChI is InChI=1S/C23H27ClN4O3/c1-15(16-6-4-5-7-18(16)24)28-10-8-27(9-11-28)14-22-25-19-13-21(31-3)20(30-2)12-17(19)23(29)26-22/h4-7,12-13,15H,8-11,14H2,1-3H3,(H,25,26,29). The summed E-state index contributed by atoms with van der Waals surface area (Å²) in [5, 5.41) is 1.29. The van der Waals surface area contributed by atoms with E-state index >= 15 is 0 Å². The van der Waals surface area contributed by atoms with E-state index in [2.05, 4.69) is 32.8 Å². The van der Waals surface area contributed by atoms with Crippen molar-refractivity contribution in [3.8, 4) is 11.5 Å². The second kappa shape index (κ2) is 9.26. The van der Waals surface area contributed by atoms with E-state index in [9.17, 15) is 4.79 Å². The van der Waals surface area contributed by atoms with E-state index in [1.807, 2.05) is 18.2 Å². The number of aromatic nitrogens is 2. The zero-order valence-electron chi connectivity index (χ0n) is 18.0. The quantitative estimate of drug-likeness (QED) is 0.630. The van der Waals surface area contributed by atoms with Crippen LogP contribution in [0.15, 0.2) is 41.2 Å². The Morgan fingerprint density at radius 1 is 1.10 bits per heavy atom. The first-order valence-corrected chi connectivity index (χ1v) is 10.7. The van der Waals surface area contributed by atoms with Gasteiger partial charge in [-0.15, -0.1) is 0 Å². The molecule has 4 rings (SSSR count). The van der Waals surface area contributed by atoms with Crippen LogP contribution in [0.2, 0.25) is 5.02 Å². The molecule has 1 atom stereocenters. The monoisotopic (exact) mass is 442 g/mol. The minimum atomic E-state index is -0.174. The van der Waals surface area contributed by atoms with E-state index < -0.39 is 0 Å². The maximum atomic E-state index is 12.6. The van der Waals surface area contributed by atoms with Gasteiger partial charge in [0.05, 0.1) is 31.7 Å². The average molecular weight is 443 g/mol. The molecule has 0 radical (unpaired) electrons. The fourth-order valence-corrected chi connectivity index (χ4v) is 4.41. The van der Waals surface area contributed by atoms with Gasteiger partial charge in [-0.2, -0.15) is 0 Å². The van der Waals surface area contributed by atoms with Crippen molar-refractivity contribution in [1.82, 2.24) is 19.8 Å². The number of benzene rings is 2. The fourth-order valence-electron chi connectivity index (χ4n) is 4.12. The number of hydrogen-bond donors (Lipinski definition) is 1. The topological polar surface area (TPSA) is 70.7 Å². The zero-order valence-corrected chi connectivity index (χ0v) is 18.8. The molecule has 8 heteroatoms. The Morgan fingerprint density at radius 2 is 1.77 bits per heavy atom. The lowest BCUT2D eigenvalue weighted by atomic mass is 10.1. The normalized spacial score (nSPS) is 16.4. The van der Waals surface area contributed by atoms with Crippen molar-refractivity contribution in [3.05, 3.63) is 63.2 Å². The number of H-pyrrole nitrogens is 1. The number of aromatic amines is 1. The molecule has 164 valence electrons. The molecule has 3 aromatic rings. The van der Waals surface area contributed by atoms with E-state index in [4.69, 9.17) is 21.1 Å². The summed E-state index contributed by atoms with van der Waals surface area (Å²) in [6.45, 7) is 6.42. The molecule has 2 aromatic carbocycles. The van der Waals surface area contributed by atoms with Gasteiger partial charge in [0.1, 0.15) is 5.82 Å². The van der Waals surface area contributed by atoms with Crippen LogP contribution < -0.4 is 15.0 Å². The van der Waals surface area contributed by atoms with Gasteiger partial charge in [0.25, 0.3) is 5.56 Å². The second-order valence-corrected chi connectivity index (χ2v) is 8.15. The molecule has 1 unspecified atom stereocenters. The lowest BCUT2D eigenvalue weighted by molar-refractivity contribution is 0.0962. The molecule has 1 aliphatic rings. The number of fused-ring (bicyclic) bond motifs is 1. The molecule has 0 bridgehead atoms. The number of hydrogen-bond acceptors (Lipinski definition) is 6. The minimum absolute atomic E-state index is 0.174. The third kappa shape index (κ3) is 4.54. The van der Waals surface area contributed by atoms with Crippen molar-refractivity contribution in [2.24, 2.45) is 0 Å². The van der Waals surface area contributed by atoms with Crippen molar-refractivity contribution in [3.63, 3.8) is 0 Å². The molecule has 0 amide bonds. The number of halogens is 1. The van der Waals surface area contributed by atoms with Gasteiger partial charge in [0, 0.05) is 43.3 Å². The minimum Gasteiger partial charge on any atom is -0.493 e. The summed E-state index contributed by atoms with van der Waals surface area (Å²) in [6.07, 6.45) is 0. The molecule has 2 heterocycles. The van der Waals surface area contributed by atoms with Crippen molar-refractivity contribution in [1.29, 1.82) is 0 Å². The van der Waals surface area contributed by atoms with Crippen molar-refractivity contribution >= 4 is 22.5 Å². The van der Waals surface area contributed by atoms with Gasteiger partial charge in [-0.3, -0.25) is 14.6 Å². The Hall–Kier alpha value is -2.61. The van der Waals surface area contributed by atoms with Gasteiger partial charge in [-0.05, 0) is 24.6 Å². The van der Waals surface area contributed by atoms with Gasteiger partial charge in [0.2, 0.25) is 0 Å². The molecule has 0 saturated carbocycles. The predicted molar refractivity (Wildman–Crippen MR) is 122 cm³/mol. The van der Waals surface area contributed by atoms with Crippen LogP contribution >= 0.6 is 11.6 Å². The van der Waals surface area contributed by atoms with Crippen molar-refractivity contribution < 1.29 is 9.47 Å². The smallest absolute Gasteiger partial charge is 0.258 e. The molecule has 1 N–H and O–H groups in total. The van der Waals surface area contributed by atoms with Crippen LogP contribution in [-0.4, -0.2) is 60.2 Å². The molecule has 0 spiro atoms. The van der Waals surface area contributed by atoms with E-state index in [0.717, 1.165) is 36.8 Å². The Bertz CT molecular complexity index is 1130. The van der Waals surface area contributed by atoms with Crippen LogP contribution in [0.5, 0.6) is 11.5 Å². The third-order valence-corrected chi connectivity index (χ3v) is 6.29. The lowest BCUT2D eigenvalue weighted by Gasteiger charge is -2.38. The highest BCUT2D eigenvalue weighted by Crippen LogP contribution is 2.30. The van der Waals surface area contributed by atoms with Gasteiger partial charge in [-0.25, -0.2) is 4.98 Å². The number of nitrogens with one attached hydrogen (secondary N) is 1. The summed E-state index contributed by atoms with van der Waals surface area (Å²) >= 11 is 6.38. The van der Waals surface area contributed by atoms with E-state index in [-0.39, 0.29) is 11.6 Å². The summed E-state index contributed by atoms with van der Waals surface area (Å²) in [4.78, 5) is 24.9. The Balaban J connectivity index is 1.46. The molecule has 1 aromatic heterocycles. The Morgan fingerprint density at radius 3 is 2.45 bits per heavy atom. The number of nitrogens with zero attached hydrogens (tertiary/aromatic N) is 3. The molecule has 7 nitrogen and oxygen atoms in total. The fraction of sp³-hybridized carbons (Fsp3) is 0.391. The lowest BCUT2D eigenvalue weighted by Crippen LogP contribution is -2.47. The van der Waals surface area contributed by atoms with Crippen LogP contribution in [0.4, 0.5) is 0 Å². The van der Waals surface area contributed by atoms with Crippen molar-refractivity contribution in [2.75, 3.05) is 40.4 Å². The summed E-state index contributed by atoms with van der Waals surface area (Å²) in [6, 6.07) is 11.7. The molecular formula is C23H27ClN4O3. The molecule has 1 fully saturated rings. The number of ether oxygens (including phenoxy) is 2. The summed E-state index contributed by atoms with van der Waals surface area (Å²) in [5.41, 5.74) is 1.58. The highest BCUT2D eigenvalue weighted by molar-refractivity contribution is 6.31. The number of rotatable bonds is 6. The van der Waals surface area contributed by atoms with E-state index in [1.54, 1.807) is 26.4 Å². The third-order valence-electron chi connectivity index (χ3n) is 5.94. The summed E-state index contributed by atoms with van der Waals surface area (Å²) in [7, 11) is 3.12. The Kier molecular flexibility index (Phi) is 6.46. The Labute approximate surface area is 186 Å². The summed E-state index contributed by atoms with van der Waals surface area (Å²) in [5.74, 6) is 1.72. The zero-order chi connectivity index (χ0) is 22.0. The highest BCUT2D eigenvalue weighted by atomic mass is 35.5. The first-order chi connectivity index (χ1) is 15.0. The summed E-state index contributed by atoms with van der Waals surface area (Å²) < 4.78 is 10.6. The molecular weight excluding hydrogens is 416 g/mol. The second-order valence-electron chi connectivity index (χ2n) is 7.75. The molecule has 1 saturated heterocycles. The highest BCUT2D eigenvalue weighted by Gasteiger charge is 2.24. The van der Waals surface area contributed by atoms with Crippen LogP contribution in [0.3, 0.4) is 0 Å². The average Bonchev–Trinajstić information content (AvgIpc) is 2.78. The van der Waals surface area contributed by atoms with Crippen molar-refractivity contribution in [2.45, 2.75) is 19.5 Å². The van der Waals surface area contributed by atoms with Gasteiger partial charge >= 0.3 is 0 Å². The van der Waals surface area contributed by atoms with E-state index in [0.29, 0.717) is 34.8 Å². The van der Waals surface area contributed by atoms with E-state index in [1.165, 1.54) is 0 Å². The van der Waals surface area contributed by atoms with Gasteiger partial charge in [0.15, 0.2) is 11.5 Å². The van der Waals surface area contributed by atoms with Gasteiger partial charge < -0.3 is 14.5 Å². The molecule has 31 heavy (non-hydrogen) atoms. The SMILES string of the molecule is COc1cc2nc(CN3CCN(C(C)c4ccccc4Cl)CC3)[nH]c(=O)c2cc1OC. The maximum Gasteiger partial charge on any atom is 0.258 e. The first-order valence-electron chi connectivity index (χ1n) is 10.4. The maximum absolute atomic E-state index is 12.6. The van der Waals surface area contributed by atoms with Gasteiger partial charge in [-0.1, -0.05) is 29.8 Å². The van der Waals surface area contributed by atoms with Crippen LogP contribution in [0.1, 0.15) is 24.4 Å². The predicted octanol–water partition coefficient (Wildman–Crippen LogP) is 3.47. The van der Waals surface area contributed by atoms with Crippen LogP contribution in [0.25, 0.3) is 10.9 Å².